The number of hydrogen-bond acceptors (Lipinski definition) is 5. The molecule has 1 aliphatic rings. The van der Waals surface area contributed by atoms with Gasteiger partial charge in [-0.3, -0.25) is 4.79 Å². The summed E-state index contributed by atoms with van der Waals surface area (Å²) in [5.74, 6) is 0.631. The van der Waals surface area contributed by atoms with Gasteiger partial charge in [-0.05, 0) is 30.9 Å². The molecule has 0 bridgehead atoms. The molecule has 5 nitrogen and oxygen atoms in total. The summed E-state index contributed by atoms with van der Waals surface area (Å²) in [6, 6.07) is 7.47. The molecule has 0 N–H and O–H groups in total. The number of nitrogens with zero attached hydrogens (tertiary/aromatic N) is 3. The van der Waals surface area contributed by atoms with E-state index in [1.165, 1.54) is 11.8 Å². The minimum Gasteiger partial charge on any atom is -0.472 e. The van der Waals surface area contributed by atoms with Crippen LogP contribution in [-0.2, 0) is 0 Å². The molecule has 1 amide bonds. The number of pyridine rings is 2. The van der Waals surface area contributed by atoms with Gasteiger partial charge in [0.1, 0.15) is 11.1 Å². The first-order valence-corrected chi connectivity index (χ1v) is 8.77. The summed E-state index contributed by atoms with van der Waals surface area (Å²) in [7, 11) is 0. The summed E-state index contributed by atoms with van der Waals surface area (Å²) in [6.07, 6.45) is 6.23. The molecule has 6 heteroatoms. The number of carbonyl (C=O) groups is 1. The Morgan fingerprint density at radius 2 is 2.22 bits per heavy atom. The van der Waals surface area contributed by atoms with E-state index in [0.29, 0.717) is 24.5 Å². The fourth-order valence-electron chi connectivity index (χ4n) is 2.59. The quantitative estimate of drug-likeness (QED) is 0.807. The largest absolute Gasteiger partial charge is 0.472 e. The Kier molecular flexibility index (Phi) is 4.81. The number of hydrogen-bond donors (Lipinski definition) is 0. The van der Waals surface area contributed by atoms with Crippen LogP contribution in [0, 0.1) is 6.92 Å². The standard InChI is InChI=1S/C17H19N3O2S/c1-12-5-6-15(19-10-12)22-13-7-9-20(11-13)17(21)14-4-3-8-18-16(14)23-2/h3-6,8,10,13H,7,9,11H2,1-2H3. The van der Waals surface area contributed by atoms with Crippen LogP contribution in [0.25, 0.3) is 0 Å². The Hall–Kier alpha value is -2.08. The average molecular weight is 329 g/mol. The first kappa shape index (κ1) is 15.8. The lowest BCUT2D eigenvalue weighted by Gasteiger charge is -2.18. The van der Waals surface area contributed by atoms with Crippen LogP contribution >= 0.6 is 11.8 Å². The van der Waals surface area contributed by atoms with Crippen molar-refractivity contribution in [3.63, 3.8) is 0 Å². The van der Waals surface area contributed by atoms with E-state index >= 15 is 0 Å². The zero-order chi connectivity index (χ0) is 16.2. The zero-order valence-corrected chi connectivity index (χ0v) is 14.0. The SMILES string of the molecule is CSc1ncccc1C(=O)N1CCC(Oc2ccc(C)cn2)C1. The first-order chi connectivity index (χ1) is 11.2. The number of ether oxygens (including phenoxy) is 1. The fraction of sp³-hybridized carbons (Fsp3) is 0.353. The maximum atomic E-state index is 12.7. The number of carbonyl (C=O) groups excluding carboxylic acids is 1. The molecule has 1 atom stereocenters. The molecule has 0 aliphatic carbocycles. The normalized spacial score (nSPS) is 17.3. The maximum absolute atomic E-state index is 12.7. The predicted octanol–water partition coefficient (Wildman–Crippen LogP) is 2.80. The summed E-state index contributed by atoms with van der Waals surface area (Å²) >= 11 is 1.49. The maximum Gasteiger partial charge on any atom is 0.256 e. The highest BCUT2D eigenvalue weighted by Crippen LogP contribution is 2.22. The Morgan fingerprint density at radius 3 is 2.96 bits per heavy atom. The summed E-state index contributed by atoms with van der Waals surface area (Å²) in [5, 5.41) is 0.766. The summed E-state index contributed by atoms with van der Waals surface area (Å²) in [6.45, 7) is 3.26. The summed E-state index contributed by atoms with van der Waals surface area (Å²) in [5.41, 5.74) is 1.76. The third-order valence-corrected chi connectivity index (χ3v) is 4.51. The lowest BCUT2D eigenvalue weighted by Crippen LogP contribution is -2.31. The summed E-state index contributed by atoms with van der Waals surface area (Å²) < 4.78 is 5.88. The van der Waals surface area contributed by atoms with E-state index in [1.807, 2.05) is 36.3 Å². The van der Waals surface area contributed by atoms with Gasteiger partial charge < -0.3 is 9.64 Å². The number of thioether (sulfide) groups is 1. The molecule has 1 aliphatic heterocycles. The number of amides is 1. The molecule has 3 heterocycles. The van der Waals surface area contributed by atoms with Gasteiger partial charge in [-0.15, -0.1) is 11.8 Å². The van der Waals surface area contributed by atoms with Crippen LogP contribution in [0.3, 0.4) is 0 Å². The summed E-state index contributed by atoms with van der Waals surface area (Å²) in [4.78, 5) is 23.0. The smallest absolute Gasteiger partial charge is 0.256 e. The number of aromatic nitrogens is 2. The molecule has 0 spiro atoms. The lowest BCUT2D eigenvalue weighted by atomic mass is 10.2. The molecule has 1 saturated heterocycles. The van der Waals surface area contributed by atoms with Crippen molar-refractivity contribution < 1.29 is 9.53 Å². The zero-order valence-electron chi connectivity index (χ0n) is 13.2. The van der Waals surface area contributed by atoms with Gasteiger partial charge in [-0.25, -0.2) is 9.97 Å². The number of aryl methyl sites for hydroxylation is 1. The topological polar surface area (TPSA) is 55.3 Å². The second kappa shape index (κ2) is 7.00. The van der Waals surface area contributed by atoms with Crippen molar-refractivity contribution in [3.8, 4) is 5.88 Å². The molecule has 120 valence electrons. The van der Waals surface area contributed by atoms with Gasteiger partial charge in [0, 0.05) is 31.4 Å². The molecule has 2 aromatic heterocycles. The van der Waals surface area contributed by atoms with Crippen molar-refractivity contribution in [3.05, 3.63) is 47.8 Å². The van der Waals surface area contributed by atoms with Crippen LogP contribution in [-0.4, -0.2) is 46.2 Å². The molecule has 0 radical (unpaired) electrons. The Balaban J connectivity index is 1.65. The minimum absolute atomic E-state index is 0.0106. The molecule has 2 aromatic rings. The Labute approximate surface area is 140 Å². The van der Waals surface area contributed by atoms with Gasteiger partial charge in [-0.2, -0.15) is 0 Å². The highest BCUT2D eigenvalue weighted by molar-refractivity contribution is 7.98. The van der Waals surface area contributed by atoms with E-state index in [-0.39, 0.29) is 12.0 Å². The first-order valence-electron chi connectivity index (χ1n) is 7.55. The van der Waals surface area contributed by atoms with Crippen molar-refractivity contribution in [2.45, 2.75) is 24.5 Å². The third kappa shape index (κ3) is 3.64. The molecule has 0 saturated carbocycles. The van der Waals surface area contributed by atoms with E-state index in [9.17, 15) is 4.79 Å². The van der Waals surface area contributed by atoms with E-state index in [1.54, 1.807) is 18.5 Å². The monoisotopic (exact) mass is 329 g/mol. The van der Waals surface area contributed by atoms with Crippen LogP contribution < -0.4 is 4.74 Å². The molecular formula is C17H19N3O2S. The average Bonchev–Trinajstić information content (AvgIpc) is 3.05. The third-order valence-electron chi connectivity index (χ3n) is 3.80. The predicted molar refractivity (Wildman–Crippen MR) is 89.9 cm³/mol. The second-order valence-electron chi connectivity index (χ2n) is 5.51. The second-order valence-corrected chi connectivity index (χ2v) is 6.31. The van der Waals surface area contributed by atoms with Gasteiger partial charge in [-0.1, -0.05) is 6.07 Å². The minimum atomic E-state index is -0.0106. The highest BCUT2D eigenvalue weighted by Gasteiger charge is 2.29. The van der Waals surface area contributed by atoms with Crippen molar-refractivity contribution in [1.29, 1.82) is 0 Å². The number of likely N-dealkylation sites (tertiary alicyclic amines) is 1. The highest BCUT2D eigenvalue weighted by atomic mass is 32.2. The van der Waals surface area contributed by atoms with Crippen LogP contribution in [0.15, 0.2) is 41.7 Å². The van der Waals surface area contributed by atoms with Crippen molar-refractivity contribution in [2.75, 3.05) is 19.3 Å². The van der Waals surface area contributed by atoms with Crippen molar-refractivity contribution in [2.24, 2.45) is 0 Å². The van der Waals surface area contributed by atoms with E-state index in [0.717, 1.165) is 17.0 Å². The van der Waals surface area contributed by atoms with Gasteiger partial charge in [0.2, 0.25) is 5.88 Å². The van der Waals surface area contributed by atoms with Gasteiger partial charge >= 0.3 is 0 Å². The molecule has 1 fully saturated rings. The Bertz CT molecular complexity index is 690. The lowest BCUT2D eigenvalue weighted by molar-refractivity contribution is 0.0767. The molecular weight excluding hydrogens is 310 g/mol. The van der Waals surface area contributed by atoms with Gasteiger partial charge in [0.05, 0.1) is 12.1 Å². The van der Waals surface area contributed by atoms with Crippen LogP contribution in [0.4, 0.5) is 0 Å². The fourth-order valence-corrected chi connectivity index (χ4v) is 3.13. The van der Waals surface area contributed by atoms with Crippen molar-refractivity contribution in [1.82, 2.24) is 14.9 Å². The van der Waals surface area contributed by atoms with Gasteiger partial charge in [0.15, 0.2) is 0 Å². The van der Waals surface area contributed by atoms with E-state index in [2.05, 4.69) is 9.97 Å². The van der Waals surface area contributed by atoms with Crippen molar-refractivity contribution >= 4 is 17.7 Å². The Morgan fingerprint density at radius 1 is 1.35 bits per heavy atom. The van der Waals surface area contributed by atoms with E-state index in [4.69, 9.17) is 4.74 Å². The van der Waals surface area contributed by atoms with Crippen LogP contribution in [0.2, 0.25) is 0 Å². The van der Waals surface area contributed by atoms with Gasteiger partial charge in [0.25, 0.3) is 5.91 Å². The molecule has 0 aromatic carbocycles. The van der Waals surface area contributed by atoms with Crippen LogP contribution in [0.1, 0.15) is 22.3 Å². The molecule has 1 unspecified atom stereocenters. The number of rotatable bonds is 4. The van der Waals surface area contributed by atoms with E-state index < -0.39 is 0 Å². The molecule has 23 heavy (non-hydrogen) atoms. The van der Waals surface area contributed by atoms with Crippen LogP contribution in [0.5, 0.6) is 5.88 Å². The molecule has 3 rings (SSSR count).